The van der Waals surface area contributed by atoms with Crippen LogP contribution in [-0.2, 0) is 6.42 Å². The number of likely N-dealkylation sites (N-methyl/N-ethyl adjacent to an activating group) is 1. The number of nitrogens with one attached hydrogen (secondary N) is 1. The van der Waals surface area contributed by atoms with E-state index in [1.165, 1.54) is 22.3 Å². The highest BCUT2D eigenvalue weighted by atomic mass is 79.9. The van der Waals surface area contributed by atoms with Gasteiger partial charge in [-0.1, -0.05) is 57.4 Å². The standard InChI is InChI=1S/C18H22BrN/c1-13-7-14(2)9-15(8-13)10-17(12-20-3)16-5-4-6-18(19)11-16/h4-9,11,17,20H,10,12H2,1-3H3. The molecule has 0 fully saturated rings. The Balaban J connectivity index is 2.25. The Morgan fingerprint density at radius 2 is 1.75 bits per heavy atom. The maximum Gasteiger partial charge on any atom is 0.0178 e. The number of rotatable bonds is 5. The zero-order valence-electron chi connectivity index (χ0n) is 12.4. The zero-order valence-corrected chi connectivity index (χ0v) is 14.0. The Morgan fingerprint density at radius 1 is 1.05 bits per heavy atom. The normalized spacial score (nSPS) is 12.4. The molecule has 1 nitrogen and oxygen atoms in total. The first-order chi connectivity index (χ1) is 9.58. The van der Waals surface area contributed by atoms with Crippen molar-refractivity contribution in [1.29, 1.82) is 0 Å². The first-order valence-electron chi connectivity index (χ1n) is 7.05. The third kappa shape index (κ3) is 4.19. The van der Waals surface area contributed by atoms with Gasteiger partial charge in [-0.15, -0.1) is 0 Å². The highest BCUT2D eigenvalue weighted by Crippen LogP contribution is 2.24. The van der Waals surface area contributed by atoms with Crippen LogP contribution in [0.1, 0.15) is 28.2 Å². The van der Waals surface area contributed by atoms with Gasteiger partial charge in [-0.2, -0.15) is 0 Å². The lowest BCUT2D eigenvalue weighted by Crippen LogP contribution is -2.19. The molecule has 0 spiro atoms. The summed E-state index contributed by atoms with van der Waals surface area (Å²) in [4.78, 5) is 0. The third-order valence-electron chi connectivity index (χ3n) is 3.53. The lowest BCUT2D eigenvalue weighted by atomic mass is 9.90. The molecular formula is C18H22BrN. The molecule has 0 saturated carbocycles. The zero-order chi connectivity index (χ0) is 14.5. The summed E-state index contributed by atoms with van der Waals surface area (Å²) < 4.78 is 1.15. The Bertz CT molecular complexity index is 557. The van der Waals surface area contributed by atoms with E-state index in [4.69, 9.17) is 0 Å². The van der Waals surface area contributed by atoms with Crippen LogP contribution >= 0.6 is 15.9 Å². The molecule has 0 aliphatic heterocycles. The van der Waals surface area contributed by atoms with Crippen LogP contribution in [0.3, 0.4) is 0 Å². The van der Waals surface area contributed by atoms with E-state index in [0.29, 0.717) is 5.92 Å². The molecule has 2 rings (SSSR count). The van der Waals surface area contributed by atoms with Crippen molar-refractivity contribution in [3.8, 4) is 0 Å². The van der Waals surface area contributed by atoms with Gasteiger partial charge >= 0.3 is 0 Å². The molecular weight excluding hydrogens is 310 g/mol. The smallest absolute Gasteiger partial charge is 0.0178 e. The summed E-state index contributed by atoms with van der Waals surface area (Å²) in [7, 11) is 2.02. The van der Waals surface area contributed by atoms with Crippen LogP contribution < -0.4 is 5.32 Å². The monoisotopic (exact) mass is 331 g/mol. The summed E-state index contributed by atoms with van der Waals surface area (Å²) in [5.41, 5.74) is 5.49. The molecule has 20 heavy (non-hydrogen) atoms. The summed E-state index contributed by atoms with van der Waals surface area (Å²) in [5.74, 6) is 0.499. The molecule has 2 aromatic carbocycles. The maximum absolute atomic E-state index is 3.57. The highest BCUT2D eigenvalue weighted by molar-refractivity contribution is 9.10. The summed E-state index contributed by atoms with van der Waals surface area (Å²) in [5, 5.41) is 3.32. The van der Waals surface area contributed by atoms with Crippen molar-refractivity contribution in [3.05, 3.63) is 69.2 Å². The van der Waals surface area contributed by atoms with Gasteiger partial charge in [0, 0.05) is 16.9 Å². The second-order valence-electron chi connectivity index (χ2n) is 5.51. The molecule has 0 heterocycles. The van der Waals surface area contributed by atoms with E-state index in [1.807, 2.05) is 7.05 Å². The predicted octanol–water partition coefficient (Wildman–Crippen LogP) is 4.61. The van der Waals surface area contributed by atoms with E-state index in [2.05, 4.69) is 77.6 Å². The Hall–Kier alpha value is -1.12. The minimum atomic E-state index is 0.499. The molecule has 0 aromatic heterocycles. The molecule has 2 heteroatoms. The van der Waals surface area contributed by atoms with E-state index >= 15 is 0 Å². The van der Waals surface area contributed by atoms with Crippen LogP contribution in [0.5, 0.6) is 0 Å². The number of aryl methyl sites for hydroxylation is 2. The average molecular weight is 332 g/mol. The molecule has 0 bridgehead atoms. The molecule has 0 radical (unpaired) electrons. The average Bonchev–Trinajstić information content (AvgIpc) is 2.37. The fourth-order valence-corrected chi connectivity index (χ4v) is 3.20. The highest BCUT2D eigenvalue weighted by Gasteiger charge is 2.12. The Labute approximate surface area is 130 Å². The van der Waals surface area contributed by atoms with Gasteiger partial charge in [-0.3, -0.25) is 0 Å². The van der Waals surface area contributed by atoms with Crippen molar-refractivity contribution >= 4 is 15.9 Å². The molecule has 0 saturated heterocycles. The predicted molar refractivity (Wildman–Crippen MR) is 90.4 cm³/mol. The van der Waals surface area contributed by atoms with Gasteiger partial charge in [-0.25, -0.2) is 0 Å². The van der Waals surface area contributed by atoms with Crippen molar-refractivity contribution in [1.82, 2.24) is 5.32 Å². The lowest BCUT2D eigenvalue weighted by Gasteiger charge is -2.18. The fraction of sp³-hybridized carbons (Fsp3) is 0.333. The molecule has 2 aromatic rings. The number of hydrogen-bond donors (Lipinski definition) is 1. The van der Waals surface area contributed by atoms with Gasteiger partial charge in [-0.05, 0) is 50.6 Å². The summed E-state index contributed by atoms with van der Waals surface area (Å²) in [6.45, 7) is 5.33. The molecule has 1 atom stereocenters. The van der Waals surface area contributed by atoms with Crippen molar-refractivity contribution in [2.24, 2.45) is 0 Å². The molecule has 1 unspecified atom stereocenters. The summed E-state index contributed by atoms with van der Waals surface area (Å²) >= 11 is 3.57. The van der Waals surface area contributed by atoms with Crippen LogP contribution in [0.2, 0.25) is 0 Å². The SMILES string of the molecule is CNCC(Cc1cc(C)cc(C)c1)c1cccc(Br)c1. The van der Waals surface area contributed by atoms with Crippen molar-refractivity contribution in [3.63, 3.8) is 0 Å². The van der Waals surface area contributed by atoms with Crippen LogP contribution in [-0.4, -0.2) is 13.6 Å². The minimum Gasteiger partial charge on any atom is -0.319 e. The summed E-state index contributed by atoms with van der Waals surface area (Å²) in [6.07, 6.45) is 1.07. The maximum atomic E-state index is 3.57. The molecule has 1 N–H and O–H groups in total. The minimum absolute atomic E-state index is 0.499. The van der Waals surface area contributed by atoms with Crippen molar-refractivity contribution < 1.29 is 0 Å². The van der Waals surface area contributed by atoms with Crippen molar-refractivity contribution in [2.45, 2.75) is 26.2 Å². The largest absolute Gasteiger partial charge is 0.319 e. The van der Waals surface area contributed by atoms with Gasteiger partial charge in [0.15, 0.2) is 0 Å². The first-order valence-corrected chi connectivity index (χ1v) is 7.85. The van der Waals surface area contributed by atoms with E-state index in [0.717, 1.165) is 17.4 Å². The fourth-order valence-electron chi connectivity index (χ4n) is 2.79. The first kappa shape index (κ1) is 15.3. The van der Waals surface area contributed by atoms with Gasteiger partial charge in [0.2, 0.25) is 0 Å². The van der Waals surface area contributed by atoms with Crippen LogP contribution in [0.25, 0.3) is 0 Å². The summed E-state index contributed by atoms with van der Waals surface area (Å²) in [6, 6.07) is 15.5. The number of benzene rings is 2. The molecule has 106 valence electrons. The van der Waals surface area contributed by atoms with Crippen LogP contribution in [0.15, 0.2) is 46.9 Å². The van der Waals surface area contributed by atoms with Gasteiger partial charge in [0.05, 0.1) is 0 Å². The third-order valence-corrected chi connectivity index (χ3v) is 4.03. The van der Waals surface area contributed by atoms with Gasteiger partial charge in [0.1, 0.15) is 0 Å². The van der Waals surface area contributed by atoms with E-state index < -0.39 is 0 Å². The lowest BCUT2D eigenvalue weighted by molar-refractivity contribution is 0.625. The number of hydrogen-bond acceptors (Lipinski definition) is 1. The topological polar surface area (TPSA) is 12.0 Å². The van der Waals surface area contributed by atoms with Crippen LogP contribution in [0, 0.1) is 13.8 Å². The Morgan fingerprint density at radius 3 is 2.35 bits per heavy atom. The van der Waals surface area contributed by atoms with Crippen LogP contribution in [0.4, 0.5) is 0 Å². The van der Waals surface area contributed by atoms with Crippen molar-refractivity contribution in [2.75, 3.05) is 13.6 Å². The van der Waals surface area contributed by atoms with E-state index in [9.17, 15) is 0 Å². The quantitative estimate of drug-likeness (QED) is 0.843. The van der Waals surface area contributed by atoms with Gasteiger partial charge in [0.25, 0.3) is 0 Å². The molecule has 0 aliphatic carbocycles. The molecule has 0 aliphatic rings. The van der Waals surface area contributed by atoms with Gasteiger partial charge < -0.3 is 5.32 Å². The number of halogens is 1. The Kier molecular flexibility index (Phi) is 5.38. The van der Waals surface area contributed by atoms with E-state index in [1.54, 1.807) is 0 Å². The second kappa shape index (κ2) is 7.05. The second-order valence-corrected chi connectivity index (χ2v) is 6.43. The van der Waals surface area contributed by atoms with E-state index in [-0.39, 0.29) is 0 Å². The molecule has 0 amide bonds.